The molecule has 32 heavy (non-hydrogen) atoms. The number of carbonyl (C=O) groups excluding carboxylic acids is 1. The monoisotopic (exact) mass is 466 g/mol. The standard InChI is InChI=1S/C23H22N4O3S2/c1-12-20(13(2)30-26-12)15-9-17-16-4-3-14(23(28)32-27-5-7-29-8-6-27)11-19(16)25-21(17)18(10-15)22(24)31/h3-4,9-11,25H,5-8H2,1-2H3,(H2,24,31). The zero-order chi connectivity index (χ0) is 22.4. The van der Waals surface area contributed by atoms with Crippen molar-refractivity contribution < 1.29 is 14.1 Å². The summed E-state index contributed by atoms with van der Waals surface area (Å²) < 4.78 is 12.8. The first-order valence-electron chi connectivity index (χ1n) is 10.3. The fourth-order valence-electron chi connectivity index (χ4n) is 4.17. The van der Waals surface area contributed by atoms with E-state index in [9.17, 15) is 4.79 Å². The number of hydrogen-bond donors (Lipinski definition) is 2. The molecule has 0 unspecified atom stereocenters. The van der Waals surface area contributed by atoms with Gasteiger partial charge in [-0.15, -0.1) is 0 Å². The summed E-state index contributed by atoms with van der Waals surface area (Å²) >= 11 is 6.60. The molecule has 0 radical (unpaired) electrons. The highest BCUT2D eigenvalue weighted by Crippen LogP contribution is 2.36. The average Bonchev–Trinajstić information content (AvgIpc) is 3.32. The molecule has 9 heteroatoms. The van der Waals surface area contributed by atoms with Crippen LogP contribution in [0.4, 0.5) is 0 Å². The Morgan fingerprint density at radius 1 is 1.19 bits per heavy atom. The number of carbonyl (C=O) groups is 1. The number of thiocarbonyl (C=S) groups is 1. The van der Waals surface area contributed by atoms with Crippen LogP contribution < -0.4 is 5.73 Å². The van der Waals surface area contributed by atoms with Gasteiger partial charge in [0.15, 0.2) is 0 Å². The van der Waals surface area contributed by atoms with Crippen molar-refractivity contribution in [3.8, 4) is 11.1 Å². The Hall–Kier alpha value is -2.72. The molecule has 0 spiro atoms. The normalized spacial score (nSPS) is 14.9. The molecule has 0 atom stereocenters. The van der Waals surface area contributed by atoms with E-state index in [2.05, 4.69) is 16.2 Å². The largest absolute Gasteiger partial charge is 0.389 e. The van der Waals surface area contributed by atoms with Gasteiger partial charge in [0.2, 0.25) is 5.12 Å². The van der Waals surface area contributed by atoms with Gasteiger partial charge in [-0.05, 0) is 43.7 Å². The number of benzene rings is 2. The van der Waals surface area contributed by atoms with E-state index in [0.717, 1.165) is 63.0 Å². The molecular formula is C23H22N4O3S2. The van der Waals surface area contributed by atoms with Gasteiger partial charge >= 0.3 is 0 Å². The quantitative estimate of drug-likeness (QED) is 0.338. The first-order valence-corrected chi connectivity index (χ1v) is 11.5. The summed E-state index contributed by atoms with van der Waals surface area (Å²) in [6.45, 7) is 6.59. The molecule has 1 aliphatic heterocycles. The fraction of sp³-hybridized carbons (Fsp3) is 0.261. The minimum atomic E-state index is 0.0124. The highest BCUT2D eigenvalue weighted by Gasteiger charge is 2.20. The van der Waals surface area contributed by atoms with Crippen LogP contribution in [0.15, 0.2) is 34.9 Å². The Kier molecular flexibility index (Phi) is 5.50. The summed E-state index contributed by atoms with van der Waals surface area (Å²) in [5, 5.41) is 6.08. The summed E-state index contributed by atoms with van der Waals surface area (Å²) in [4.78, 5) is 16.6. The zero-order valence-corrected chi connectivity index (χ0v) is 19.4. The van der Waals surface area contributed by atoms with Gasteiger partial charge in [0.05, 0.1) is 24.4 Å². The van der Waals surface area contributed by atoms with Crippen molar-refractivity contribution in [2.75, 3.05) is 26.3 Å². The lowest BCUT2D eigenvalue weighted by Crippen LogP contribution is -2.32. The van der Waals surface area contributed by atoms with Gasteiger partial charge < -0.3 is 20.0 Å². The van der Waals surface area contributed by atoms with Crippen LogP contribution in [0.1, 0.15) is 27.4 Å². The number of nitrogens with one attached hydrogen (secondary N) is 1. The minimum absolute atomic E-state index is 0.0124. The smallest absolute Gasteiger partial charge is 0.234 e. The zero-order valence-electron chi connectivity index (χ0n) is 17.7. The first-order chi connectivity index (χ1) is 15.4. The number of aromatic nitrogens is 2. The van der Waals surface area contributed by atoms with E-state index in [1.807, 2.05) is 42.4 Å². The van der Waals surface area contributed by atoms with Gasteiger partial charge in [-0.25, -0.2) is 4.31 Å². The number of nitrogens with two attached hydrogens (primary N) is 1. The molecule has 164 valence electrons. The second-order valence-electron chi connectivity index (χ2n) is 7.82. The molecule has 1 aliphatic rings. The van der Waals surface area contributed by atoms with Crippen molar-refractivity contribution >= 4 is 56.1 Å². The number of hydrogen-bond acceptors (Lipinski definition) is 7. The number of H-pyrrole nitrogens is 1. The Labute approximate surface area is 194 Å². The Bertz CT molecular complexity index is 1350. The topological polar surface area (TPSA) is 97.4 Å². The Morgan fingerprint density at radius 2 is 1.97 bits per heavy atom. The minimum Gasteiger partial charge on any atom is -0.389 e. The highest BCUT2D eigenvalue weighted by atomic mass is 32.2. The van der Waals surface area contributed by atoms with Crippen molar-refractivity contribution in [2.45, 2.75) is 13.8 Å². The molecule has 0 bridgehead atoms. The molecule has 1 fully saturated rings. The van der Waals surface area contributed by atoms with Crippen molar-refractivity contribution in [1.82, 2.24) is 14.4 Å². The third-order valence-corrected chi connectivity index (χ3v) is 6.96. The predicted octanol–water partition coefficient (Wildman–Crippen LogP) is 4.35. The Balaban J connectivity index is 1.60. The molecular weight excluding hydrogens is 444 g/mol. The first kappa shape index (κ1) is 21.1. The van der Waals surface area contributed by atoms with Crippen LogP contribution in [0.25, 0.3) is 32.9 Å². The highest BCUT2D eigenvalue weighted by molar-refractivity contribution is 8.12. The predicted molar refractivity (Wildman–Crippen MR) is 131 cm³/mol. The van der Waals surface area contributed by atoms with Crippen LogP contribution in [0.3, 0.4) is 0 Å². The van der Waals surface area contributed by atoms with Crippen LogP contribution >= 0.6 is 24.2 Å². The maximum absolute atomic E-state index is 12.8. The van der Waals surface area contributed by atoms with E-state index in [1.165, 1.54) is 11.9 Å². The number of morpholine rings is 1. The third-order valence-electron chi connectivity index (χ3n) is 5.71. The third kappa shape index (κ3) is 3.71. The second kappa shape index (κ2) is 8.32. The maximum atomic E-state index is 12.8. The van der Waals surface area contributed by atoms with E-state index in [0.29, 0.717) is 23.8 Å². The molecule has 2 aromatic carbocycles. The SMILES string of the molecule is Cc1noc(C)c1-c1cc(C(N)=S)c2[nH]c3cc(C(=O)SN4CCOCC4)ccc3c2c1. The summed E-state index contributed by atoms with van der Waals surface area (Å²) in [5.41, 5.74) is 11.9. The van der Waals surface area contributed by atoms with Gasteiger partial charge in [0.25, 0.3) is 0 Å². The molecule has 4 aromatic rings. The lowest BCUT2D eigenvalue weighted by atomic mass is 9.98. The molecule has 3 heterocycles. The van der Waals surface area contributed by atoms with Gasteiger partial charge in [0.1, 0.15) is 10.7 Å². The Morgan fingerprint density at radius 3 is 2.66 bits per heavy atom. The number of fused-ring (bicyclic) bond motifs is 3. The summed E-state index contributed by atoms with van der Waals surface area (Å²) in [7, 11) is 0. The lowest BCUT2D eigenvalue weighted by Gasteiger charge is -2.24. The molecule has 0 amide bonds. The molecule has 2 aromatic heterocycles. The molecule has 5 rings (SSSR count). The molecule has 7 nitrogen and oxygen atoms in total. The number of aromatic amines is 1. The van der Waals surface area contributed by atoms with Gasteiger partial charge in [-0.2, -0.15) is 0 Å². The van der Waals surface area contributed by atoms with Crippen molar-refractivity contribution in [3.05, 3.63) is 52.9 Å². The van der Waals surface area contributed by atoms with Crippen LogP contribution in [0, 0.1) is 13.8 Å². The number of ether oxygens (including phenoxy) is 1. The van der Waals surface area contributed by atoms with Crippen molar-refractivity contribution in [1.29, 1.82) is 0 Å². The van der Waals surface area contributed by atoms with E-state index in [1.54, 1.807) is 0 Å². The number of nitrogens with zero attached hydrogens (tertiary/aromatic N) is 2. The summed E-state index contributed by atoms with van der Waals surface area (Å²) in [5.74, 6) is 0.739. The van der Waals surface area contributed by atoms with E-state index < -0.39 is 0 Å². The number of aryl methyl sites for hydroxylation is 2. The average molecular weight is 467 g/mol. The molecule has 0 aliphatic carbocycles. The second-order valence-corrected chi connectivity index (χ2v) is 9.32. The van der Waals surface area contributed by atoms with Gasteiger partial charge in [0, 0.05) is 58.0 Å². The van der Waals surface area contributed by atoms with Gasteiger partial charge in [-0.3, -0.25) is 4.79 Å². The summed E-state index contributed by atoms with van der Waals surface area (Å²) in [6.07, 6.45) is 0. The lowest BCUT2D eigenvalue weighted by molar-refractivity contribution is 0.0766. The van der Waals surface area contributed by atoms with E-state index >= 15 is 0 Å². The van der Waals surface area contributed by atoms with Crippen molar-refractivity contribution in [2.24, 2.45) is 5.73 Å². The van der Waals surface area contributed by atoms with Gasteiger partial charge in [-0.1, -0.05) is 23.4 Å². The number of rotatable bonds is 4. The van der Waals surface area contributed by atoms with Crippen LogP contribution in [0.2, 0.25) is 0 Å². The van der Waals surface area contributed by atoms with E-state index in [-0.39, 0.29) is 5.12 Å². The summed E-state index contributed by atoms with van der Waals surface area (Å²) in [6, 6.07) is 9.79. The van der Waals surface area contributed by atoms with Crippen LogP contribution in [-0.2, 0) is 4.74 Å². The fourth-order valence-corrected chi connectivity index (χ4v) is 5.13. The van der Waals surface area contributed by atoms with E-state index in [4.69, 9.17) is 27.2 Å². The van der Waals surface area contributed by atoms with Crippen LogP contribution in [0.5, 0.6) is 0 Å². The van der Waals surface area contributed by atoms with Crippen LogP contribution in [-0.4, -0.2) is 50.9 Å². The molecule has 1 saturated heterocycles. The van der Waals surface area contributed by atoms with Crippen molar-refractivity contribution in [3.63, 3.8) is 0 Å². The maximum Gasteiger partial charge on any atom is 0.234 e. The molecule has 0 saturated carbocycles. The molecule has 3 N–H and O–H groups in total.